The minimum Gasteiger partial charge on any atom is -0.480 e. The fourth-order valence-corrected chi connectivity index (χ4v) is 5.81. The van der Waals surface area contributed by atoms with Gasteiger partial charge in [0.1, 0.15) is 0 Å². The molecular formula is C24H25Cl3N6O3. The summed E-state index contributed by atoms with van der Waals surface area (Å²) in [6.45, 7) is 3.87. The predicted molar refractivity (Wildman–Crippen MR) is 141 cm³/mol. The largest absolute Gasteiger partial charge is 0.480 e. The molecule has 3 aromatic heterocycles. The number of carbonyl (C=O) groups excluding carboxylic acids is 1. The maximum atomic E-state index is 12.4. The van der Waals surface area contributed by atoms with Gasteiger partial charge in [0.25, 0.3) is 11.5 Å². The van der Waals surface area contributed by atoms with E-state index < -0.39 is 0 Å². The Kier molecular flexibility index (Phi) is 7.11. The number of nitrogens with one attached hydrogen (secondary N) is 2. The Labute approximate surface area is 223 Å². The fourth-order valence-electron chi connectivity index (χ4n) is 5.31. The highest BCUT2D eigenvalue weighted by molar-refractivity contribution is 6.32. The van der Waals surface area contributed by atoms with E-state index in [0.717, 1.165) is 49.1 Å². The third-order valence-corrected chi connectivity index (χ3v) is 7.69. The van der Waals surface area contributed by atoms with E-state index in [1.165, 1.54) is 0 Å². The van der Waals surface area contributed by atoms with Crippen molar-refractivity contribution in [2.75, 3.05) is 31.6 Å². The number of fused-ring (bicyclic) bond motifs is 1. The van der Waals surface area contributed by atoms with Crippen molar-refractivity contribution in [3.63, 3.8) is 0 Å². The second kappa shape index (κ2) is 10.1. The summed E-state index contributed by atoms with van der Waals surface area (Å²) in [5, 5.41) is 7.43. The lowest BCUT2D eigenvalue weighted by Crippen LogP contribution is -2.43. The van der Waals surface area contributed by atoms with Crippen molar-refractivity contribution in [1.29, 1.82) is 0 Å². The summed E-state index contributed by atoms with van der Waals surface area (Å²) in [5.74, 6) is 0.860. The molecule has 3 aliphatic heterocycles. The molecule has 1 atom stereocenters. The molecule has 190 valence electrons. The molecule has 1 unspecified atom stereocenters. The number of likely N-dealkylation sites (tertiary alicyclic amines) is 1. The van der Waals surface area contributed by atoms with Crippen molar-refractivity contribution in [2.45, 2.75) is 37.9 Å². The van der Waals surface area contributed by atoms with Crippen LogP contribution in [0.2, 0.25) is 10.0 Å². The Balaban J connectivity index is 0.00000267. The van der Waals surface area contributed by atoms with Gasteiger partial charge < -0.3 is 24.8 Å². The number of rotatable bonds is 5. The molecule has 6 heterocycles. The van der Waals surface area contributed by atoms with Gasteiger partial charge in [-0.2, -0.15) is 0 Å². The van der Waals surface area contributed by atoms with Crippen LogP contribution in [0.4, 0.5) is 5.82 Å². The number of nitrogens with zero attached hydrogens (tertiary/aromatic N) is 4. The SMILES string of the molecule is Cl.O=C1COc2cc(Cl)c(CNC3CCN(CC4Cn5c(=O)ccc6ncc(Cl)c4c65)CC3)nc2N1. The predicted octanol–water partition coefficient (Wildman–Crippen LogP) is 3.20. The summed E-state index contributed by atoms with van der Waals surface area (Å²) in [7, 11) is 0. The number of aromatic nitrogens is 3. The summed E-state index contributed by atoms with van der Waals surface area (Å²) in [6.07, 6.45) is 3.67. The number of halogens is 3. The molecular weight excluding hydrogens is 527 g/mol. The number of amides is 1. The van der Waals surface area contributed by atoms with E-state index in [0.29, 0.717) is 46.4 Å². The van der Waals surface area contributed by atoms with Gasteiger partial charge >= 0.3 is 0 Å². The lowest BCUT2D eigenvalue weighted by atomic mass is 9.98. The Morgan fingerprint density at radius 2 is 1.97 bits per heavy atom. The van der Waals surface area contributed by atoms with Crippen molar-refractivity contribution < 1.29 is 9.53 Å². The normalized spacial score (nSPS) is 19.5. The first-order valence-electron chi connectivity index (χ1n) is 11.7. The summed E-state index contributed by atoms with van der Waals surface area (Å²) in [5.41, 5.74) is 3.41. The second-order valence-electron chi connectivity index (χ2n) is 9.29. The molecule has 12 heteroatoms. The molecule has 0 bridgehead atoms. The van der Waals surface area contributed by atoms with E-state index in [9.17, 15) is 9.59 Å². The number of hydrogen-bond donors (Lipinski definition) is 2. The number of pyridine rings is 3. The zero-order valence-corrected chi connectivity index (χ0v) is 21.6. The zero-order valence-electron chi connectivity index (χ0n) is 19.3. The summed E-state index contributed by atoms with van der Waals surface area (Å²) >= 11 is 12.9. The van der Waals surface area contributed by atoms with Gasteiger partial charge in [0.15, 0.2) is 18.2 Å². The van der Waals surface area contributed by atoms with Gasteiger partial charge in [-0.1, -0.05) is 23.2 Å². The topological polar surface area (TPSA) is 101 Å². The number of ether oxygens (including phenoxy) is 1. The molecule has 1 saturated heterocycles. The van der Waals surface area contributed by atoms with Gasteiger partial charge in [0, 0.05) is 55.5 Å². The fraction of sp³-hybridized carbons (Fsp3) is 0.417. The highest BCUT2D eigenvalue weighted by Crippen LogP contribution is 2.37. The van der Waals surface area contributed by atoms with Crippen molar-refractivity contribution in [2.24, 2.45) is 0 Å². The van der Waals surface area contributed by atoms with Crippen LogP contribution < -0.4 is 20.9 Å². The third kappa shape index (κ3) is 4.66. The summed E-state index contributed by atoms with van der Waals surface area (Å²) in [4.78, 5) is 35.3. The minimum absolute atomic E-state index is 0. The van der Waals surface area contributed by atoms with Crippen molar-refractivity contribution >= 4 is 58.4 Å². The van der Waals surface area contributed by atoms with Gasteiger partial charge in [0.05, 0.1) is 26.8 Å². The van der Waals surface area contributed by atoms with E-state index in [2.05, 4.69) is 25.5 Å². The minimum atomic E-state index is -0.220. The van der Waals surface area contributed by atoms with Gasteiger partial charge in [-0.15, -0.1) is 12.4 Å². The molecule has 36 heavy (non-hydrogen) atoms. The molecule has 0 spiro atoms. The Morgan fingerprint density at radius 3 is 2.78 bits per heavy atom. The van der Waals surface area contributed by atoms with Crippen LogP contribution in [0.5, 0.6) is 5.75 Å². The third-order valence-electron chi connectivity index (χ3n) is 7.06. The van der Waals surface area contributed by atoms with Crippen molar-refractivity contribution in [3.05, 3.63) is 56.1 Å². The smallest absolute Gasteiger partial charge is 0.263 e. The van der Waals surface area contributed by atoms with Gasteiger partial charge in [-0.25, -0.2) is 4.98 Å². The summed E-state index contributed by atoms with van der Waals surface area (Å²) in [6, 6.07) is 5.40. The highest BCUT2D eigenvalue weighted by atomic mass is 35.5. The lowest BCUT2D eigenvalue weighted by Gasteiger charge is -2.34. The molecule has 0 saturated carbocycles. The van der Waals surface area contributed by atoms with E-state index in [1.807, 2.05) is 4.57 Å². The standard InChI is InChI=1S/C24H24Cl2N6O3.ClH/c25-15-7-19-24(30-20(33)12-35-19)29-18(15)9-27-14-3-5-31(6-4-14)10-13-11-32-21(34)2-1-17-23(32)22(13)16(26)8-28-17;/h1-2,7-8,13-14,27H,3-6,9-12H2,(H,29,30,33);1H. The van der Waals surface area contributed by atoms with Crippen LogP contribution in [-0.2, 0) is 17.9 Å². The average molecular weight is 552 g/mol. The van der Waals surface area contributed by atoms with Crippen molar-refractivity contribution in [1.82, 2.24) is 24.8 Å². The quantitative estimate of drug-likeness (QED) is 0.502. The number of piperidine rings is 1. The molecule has 9 nitrogen and oxygen atoms in total. The molecule has 6 rings (SSSR count). The molecule has 0 aliphatic carbocycles. The molecule has 1 fully saturated rings. The number of hydrogen-bond acceptors (Lipinski definition) is 7. The van der Waals surface area contributed by atoms with Crippen LogP contribution in [0.1, 0.15) is 30.0 Å². The monoisotopic (exact) mass is 550 g/mol. The molecule has 1 amide bonds. The number of anilines is 1. The molecule has 3 aliphatic rings. The van der Waals surface area contributed by atoms with Gasteiger partial charge in [0.2, 0.25) is 0 Å². The lowest BCUT2D eigenvalue weighted by molar-refractivity contribution is -0.118. The zero-order chi connectivity index (χ0) is 24.1. The average Bonchev–Trinajstić information content (AvgIpc) is 3.24. The maximum Gasteiger partial charge on any atom is 0.263 e. The molecule has 0 aromatic carbocycles. The van der Waals surface area contributed by atoms with Crippen molar-refractivity contribution in [3.8, 4) is 5.75 Å². The van der Waals surface area contributed by atoms with Crippen LogP contribution in [0.25, 0.3) is 11.0 Å². The van der Waals surface area contributed by atoms with Crippen LogP contribution in [-0.4, -0.2) is 57.6 Å². The van der Waals surface area contributed by atoms with Crippen LogP contribution in [0.3, 0.4) is 0 Å². The molecule has 0 radical (unpaired) electrons. The van der Waals surface area contributed by atoms with E-state index >= 15 is 0 Å². The Bertz CT molecular complexity index is 1390. The number of carbonyl (C=O) groups is 1. The Hall–Kier alpha value is -2.43. The maximum absolute atomic E-state index is 12.4. The van der Waals surface area contributed by atoms with Gasteiger partial charge in [-0.3, -0.25) is 14.6 Å². The molecule has 2 N–H and O–H groups in total. The van der Waals surface area contributed by atoms with Crippen LogP contribution in [0, 0.1) is 0 Å². The first-order chi connectivity index (χ1) is 17.0. The van der Waals surface area contributed by atoms with E-state index in [4.69, 9.17) is 27.9 Å². The second-order valence-corrected chi connectivity index (χ2v) is 10.1. The van der Waals surface area contributed by atoms with Gasteiger partial charge in [-0.05, 0) is 32.0 Å². The highest BCUT2D eigenvalue weighted by Gasteiger charge is 2.31. The van der Waals surface area contributed by atoms with Crippen LogP contribution in [0.15, 0.2) is 29.2 Å². The Morgan fingerprint density at radius 1 is 1.17 bits per heavy atom. The molecule has 3 aromatic rings. The first kappa shape index (κ1) is 25.2. The van der Waals surface area contributed by atoms with E-state index in [-0.39, 0.29) is 36.4 Å². The van der Waals surface area contributed by atoms with E-state index in [1.54, 1.807) is 24.4 Å². The van der Waals surface area contributed by atoms with Crippen LogP contribution >= 0.6 is 35.6 Å². The summed E-state index contributed by atoms with van der Waals surface area (Å²) < 4.78 is 7.18. The first-order valence-corrected chi connectivity index (χ1v) is 12.5.